The number of carbonyl (C=O) groups is 1. The molecule has 6 nitrogen and oxygen atoms in total. The van der Waals surface area contributed by atoms with Gasteiger partial charge >= 0.3 is 6.18 Å². The number of carbonyl (C=O) groups excluding carboxylic acids is 1. The van der Waals surface area contributed by atoms with Gasteiger partial charge in [0.1, 0.15) is 11.9 Å². The fourth-order valence-electron chi connectivity index (χ4n) is 3.53. The summed E-state index contributed by atoms with van der Waals surface area (Å²) in [6.45, 7) is 1.63. The van der Waals surface area contributed by atoms with E-state index in [0.717, 1.165) is 59.5 Å². The summed E-state index contributed by atoms with van der Waals surface area (Å²) in [4.78, 5) is 12.6. The van der Waals surface area contributed by atoms with Crippen molar-refractivity contribution < 1.29 is 22.7 Å². The highest BCUT2D eigenvalue weighted by Crippen LogP contribution is 2.37. The summed E-state index contributed by atoms with van der Waals surface area (Å²) in [7, 11) is 1.80. The summed E-state index contributed by atoms with van der Waals surface area (Å²) in [6, 6.07) is 9.33. The lowest BCUT2D eigenvalue weighted by atomic mass is 10.1. The molecule has 1 aliphatic heterocycles. The average molecular weight is 509 g/mol. The van der Waals surface area contributed by atoms with Crippen molar-refractivity contribution in [1.29, 1.82) is 0 Å². The summed E-state index contributed by atoms with van der Waals surface area (Å²) in [5, 5.41) is 10.3. The summed E-state index contributed by atoms with van der Waals surface area (Å²) < 4.78 is 46.9. The number of ether oxygens (including phenoxy) is 1. The molecule has 0 bridgehead atoms. The van der Waals surface area contributed by atoms with Crippen LogP contribution < -0.4 is 15.4 Å². The van der Waals surface area contributed by atoms with E-state index in [1.54, 1.807) is 36.1 Å². The highest BCUT2D eigenvalue weighted by Gasteiger charge is 2.30. The Labute approximate surface area is 190 Å². The first-order chi connectivity index (χ1) is 15.2. The van der Waals surface area contributed by atoms with Gasteiger partial charge in [0, 0.05) is 30.4 Å². The van der Waals surface area contributed by atoms with Gasteiger partial charge in [-0.25, -0.2) is 0 Å². The minimum Gasteiger partial charge on any atom is -0.488 e. The fraction of sp³-hybridized carbons (Fsp3) is 0.273. The lowest BCUT2D eigenvalue weighted by Gasteiger charge is -2.18. The van der Waals surface area contributed by atoms with Gasteiger partial charge in [0.2, 0.25) is 0 Å². The first kappa shape index (κ1) is 22.3. The Hall–Kier alpha value is -2.85. The zero-order valence-electron chi connectivity index (χ0n) is 17.0. The van der Waals surface area contributed by atoms with E-state index in [1.165, 1.54) is 0 Å². The van der Waals surface area contributed by atoms with Gasteiger partial charge in [-0.3, -0.25) is 9.48 Å². The third-order valence-corrected chi connectivity index (χ3v) is 5.75. The molecular formula is C22H20BrF3N4O2. The van der Waals surface area contributed by atoms with Crippen LogP contribution in [0, 0.1) is 0 Å². The molecule has 2 heterocycles. The van der Waals surface area contributed by atoms with E-state index in [9.17, 15) is 18.0 Å². The zero-order valence-corrected chi connectivity index (χ0v) is 18.6. The van der Waals surface area contributed by atoms with Gasteiger partial charge in [-0.1, -0.05) is 0 Å². The number of nitrogens with zero attached hydrogens (tertiary/aromatic N) is 2. The zero-order chi connectivity index (χ0) is 22.9. The molecule has 168 valence electrons. The second kappa shape index (κ2) is 8.95. The molecule has 2 aromatic carbocycles. The Balaban J connectivity index is 1.61. The van der Waals surface area contributed by atoms with Crippen LogP contribution in [-0.2, 0) is 13.2 Å². The maximum Gasteiger partial charge on any atom is 0.416 e. The van der Waals surface area contributed by atoms with Crippen LogP contribution in [0.5, 0.6) is 5.75 Å². The number of rotatable bonds is 5. The highest BCUT2D eigenvalue weighted by atomic mass is 79.9. The largest absolute Gasteiger partial charge is 0.488 e. The molecule has 0 spiro atoms. The number of hydrogen-bond donors (Lipinski definition) is 2. The number of aryl methyl sites for hydroxylation is 1. The predicted octanol–water partition coefficient (Wildman–Crippen LogP) is 4.86. The summed E-state index contributed by atoms with van der Waals surface area (Å²) in [6.07, 6.45) is -1.86. The standard InChI is InChI=1S/C22H20BrF3N4O2/c1-30-20(18(23)12-28-30)17-10-15(6-7-19(17)32-16-8-9-27-11-16)29-21(31)13-2-4-14(5-3-13)22(24,25)26/h2-7,10,12,16,27H,8-9,11H2,1H3,(H,29,31). The minimum absolute atomic E-state index is 0.0355. The van der Waals surface area contributed by atoms with Crippen LogP contribution in [0.3, 0.4) is 0 Å². The smallest absolute Gasteiger partial charge is 0.416 e. The number of nitrogens with one attached hydrogen (secondary N) is 2. The van der Waals surface area contributed by atoms with E-state index >= 15 is 0 Å². The Morgan fingerprint density at radius 2 is 2.00 bits per heavy atom. The van der Waals surface area contributed by atoms with Gasteiger partial charge in [-0.2, -0.15) is 18.3 Å². The average Bonchev–Trinajstić information content (AvgIpc) is 3.38. The summed E-state index contributed by atoms with van der Waals surface area (Å²) in [5.41, 5.74) is 1.30. The molecule has 10 heteroatoms. The topological polar surface area (TPSA) is 68.2 Å². The monoisotopic (exact) mass is 508 g/mol. The summed E-state index contributed by atoms with van der Waals surface area (Å²) >= 11 is 3.51. The van der Waals surface area contributed by atoms with Crippen LogP contribution in [0.15, 0.2) is 53.1 Å². The summed E-state index contributed by atoms with van der Waals surface area (Å²) in [5.74, 6) is 0.137. The molecule has 2 N–H and O–H groups in total. The number of halogens is 4. The predicted molar refractivity (Wildman–Crippen MR) is 118 cm³/mol. The molecule has 1 amide bonds. The quantitative estimate of drug-likeness (QED) is 0.516. The molecule has 1 aromatic heterocycles. The Kier molecular flexibility index (Phi) is 6.25. The van der Waals surface area contributed by atoms with Gasteiger partial charge in [0.15, 0.2) is 0 Å². The Morgan fingerprint density at radius 1 is 1.25 bits per heavy atom. The van der Waals surface area contributed by atoms with Gasteiger partial charge in [0.25, 0.3) is 5.91 Å². The van der Waals surface area contributed by atoms with Crippen molar-refractivity contribution in [3.8, 4) is 17.0 Å². The van der Waals surface area contributed by atoms with E-state index in [2.05, 4.69) is 31.7 Å². The van der Waals surface area contributed by atoms with Crippen molar-refractivity contribution in [3.05, 3.63) is 64.3 Å². The van der Waals surface area contributed by atoms with Crippen LogP contribution >= 0.6 is 15.9 Å². The SMILES string of the molecule is Cn1ncc(Br)c1-c1cc(NC(=O)c2ccc(C(F)(F)F)cc2)ccc1OC1CCNC1. The number of amides is 1. The second-order valence-electron chi connectivity index (χ2n) is 7.44. The first-order valence-electron chi connectivity index (χ1n) is 9.90. The molecule has 1 atom stereocenters. The molecule has 32 heavy (non-hydrogen) atoms. The van der Waals surface area contributed by atoms with Crippen molar-refractivity contribution in [2.24, 2.45) is 7.05 Å². The van der Waals surface area contributed by atoms with Gasteiger partial charge < -0.3 is 15.4 Å². The van der Waals surface area contributed by atoms with Crippen molar-refractivity contribution in [3.63, 3.8) is 0 Å². The van der Waals surface area contributed by atoms with Crippen LogP contribution in [0.25, 0.3) is 11.3 Å². The maximum atomic E-state index is 12.8. The molecule has 1 unspecified atom stereocenters. The number of aromatic nitrogens is 2. The molecule has 4 rings (SSSR count). The molecule has 1 fully saturated rings. The van der Waals surface area contributed by atoms with E-state index in [1.807, 2.05) is 0 Å². The molecule has 0 aliphatic carbocycles. The van der Waals surface area contributed by atoms with Gasteiger partial charge in [-0.15, -0.1) is 0 Å². The second-order valence-corrected chi connectivity index (χ2v) is 8.29. The van der Waals surface area contributed by atoms with Crippen LogP contribution in [0.1, 0.15) is 22.3 Å². The fourth-order valence-corrected chi connectivity index (χ4v) is 4.09. The highest BCUT2D eigenvalue weighted by molar-refractivity contribution is 9.10. The van der Waals surface area contributed by atoms with Crippen LogP contribution in [0.2, 0.25) is 0 Å². The lowest BCUT2D eigenvalue weighted by Crippen LogP contribution is -2.20. The van der Waals surface area contributed by atoms with Crippen molar-refractivity contribution in [2.75, 3.05) is 18.4 Å². The molecule has 1 aliphatic rings. The normalized spacial score (nSPS) is 16.2. The molecule has 0 saturated carbocycles. The van der Waals surface area contributed by atoms with Crippen molar-refractivity contribution in [2.45, 2.75) is 18.7 Å². The Bertz CT molecular complexity index is 1100. The van der Waals surface area contributed by atoms with Gasteiger partial charge in [-0.05, 0) is 71.4 Å². The van der Waals surface area contributed by atoms with Crippen molar-refractivity contribution >= 4 is 27.5 Å². The van der Waals surface area contributed by atoms with E-state index in [4.69, 9.17) is 4.74 Å². The van der Waals surface area contributed by atoms with Crippen molar-refractivity contribution in [1.82, 2.24) is 15.1 Å². The number of hydrogen-bond acceptors (Lipinski definition) is 4. The number of anilines is 1. The third-order valence-electron chi connectivity index (χ3n) is 5.17. The van der Waals surface area contributed by atoms with Crippen LogP contribution in [-0.4, -0.2) is 34.9 Å². The van der Waals surface area contributed by atoms with E-state index in [-0.39, 0.29) is 11.7 Å². The maximum absolute atomic E-state index is 12.8. The molecule has 3 aromatic rings. The Morgan fingerprint density at radius 3 is 2.59 bits per heavy atom. The number of benzene rings is 2. The number of alkyl halides is 3. The first-order valence-corrected chi connectivity index (χ1v) is 10.7. The van der Waals surface area contributed by atoms with E-state index in [0.29, 0.717) is 11.4 Å². The van der Waals surface area contributed by atoms with E-state index < -0.39 is 17.6 Å². The molecule has 0 radical (unpaired) electrons. The molecular weight excluding hydrogens is 489 g/mol. The lowest BCUT2D eigenvalue weighted by molar-refractivity contribution is -0.137. The van der Waals surface area contributed by atoms with Gasteiger partial charge in [0.05, 0.1) is 21.9 Å². The van der Waals surface area contributed by atoms with Crippen LogP contribution in [0.4, 0.5) is 18.9 Å². The minimum atomic E-state index is -4.45. The third kappa shape index (κ3) is 4.81. The molecule has 1 saturated heterocycles.